The van der Waals surface area contributed by atoms with Gasteiger partial charge in [-0.25, -0.2) is 13.1 Å². The minimum atomic E-state index is -3.56. The third-order valence-electron chi connectivity index (χ3n) is 3.32. The van der Waals surface area contributed by atoms with Gasteiger partial charge < -0.3 is 4.42 Å². The minimum absolute atomic E-state index is 0.123. The highest BCUT2D eigenvalue weighted by Gasteiger charge is 2.15. The van der Waals surface area contributed by atoms with E-state index in [0.29, 0.717) is 4.88 Å². The molecule has 1 aromatic carbocycles. The van der Waals surface area contributed by atoms with Gasteiger partial charge in [0.2, 0.25) is 15.8 Å². The monoisotopic (exact) mass is 373 g/mol. The number of furan rings is 1. The smallest absolute Gasteiger partial charge is 0.238 e. The van der Waals surface area contributed by atoms with Gasteiger partial charge in [0.15, 0.2) is 5.76 Å². The Hall–Kier alpha value is -2.48. The molecule has 0 atom stereocenters. The van der Waals surface area contributed by atoms with Crippen molar-refractivity contribution < 1.29 is 17.6 Å². The Labute approximate surface area is 149 Å². The van der Waals surface area contributed by atoms with Gasteiger partial charge in [-0.1, -0.05) is 30.3 Å². The van der Waals surface area contributed by atoms with Gasteiger partial charge in [0.05, 0.1) is 11.1 Å². The van der Waals surface area contributed by atoms with Crippen LogP contribution in [0, 0.1) is 0 Å². The first-order valence-electron chi connectivity index (χ1n) is 7.43. The Morgan fingerprint density at radius 2 is 1.88 bits per heavy atom. The van der Waals surface area contributed by atoms with Crippen LogP contribution in [0.15, 0.2) is 70.7 Å². The molecule has 25 heavy (non-hydrogen) atoms. The van der Waals surface area contributed by atoms with Gasteiger partial charge in [0, 0.05) is 16.8 Å². The zero-order valence-electron chi connectivity index (χ0n) is 13.1. The lowest BCUT2D eigenvalue weighted by molar-refractivity contribution is 0.101. The predicted octanol–water partition coefficient (Wildman–Crippen LogP) is 3.66. The Kier molecular flexibility index (Phi) is 5.28. The average molecular weight is 373 g/mol. The van der Waals surface area contributed by atoms with Gasteiger partial charge in [-0.2, -0.15) is 0 Å². The maximum Gasteiger partial charge on any atom is 0.238 e. The van der Waals surface area contributed by atoms with Gasteiger partial charge in [0.1, 0.15) is 0 Å². The van der Waals surface area contributed by atoms with Crippen LogP contribution >= 0.6 is 11.3 Å². The largest absolute Gasteiger partial charge is 0.461 e. The van der Waals surface area contributed by atoms with E-state index in [1.165, 1.54) is 23.7 Å². The van der Waals surface area contributed by atoms with Crippen LogP contribution in [0.5, 0.6) is 0 Å². The third kappa shape index (κ3) is 4.76. The summed E-state index contributed by atoms with van der Waals surface area (Å²) in [5.41, 5.74) is 0.801. The predicted molar refractivity (Wildman–Crippen MR) is 97.7 cm³/mol. The van der Waals surface area contributed by atoms with Crippen LogP contribution in [0.2, 0.25) is 0 Å². The van der Waals surface area contributed by atoms with Crippen molar-refractivity contribution in [3.63, 3.8) is 0 Å². The van der Waals surface area contributed by atoms with E-state index in [-0.39, 0.29) is 18.1 Å². The Morgan fingerprint density at radius 1 is 1.08 bits per heavy atom. The highest BCUT2D eigenvalue weighted by molar-refractivity contribution is 7.92. The topological polar surface area (TPSA) is 76.4 Å². The van der Waals surface area contributed by atoms with Gasteiger partial charge in [0.25, 0.3) is 0 Å². The summed E-state index contributed by atoms with van der Waals surface area (Å²) in [5, 5.41) is 1.13. The fourth-order valence-electron chi connectivity index (χ4n) is 2.08. The van der Waals surface area contributed by atoms with Crippen LogP contribution in [-0.4, -0.2) is 14.2 Å². The third-order valence-corrected chi connectivity index (χ3v) is 5.44. The molecule has 3 aromatic rings. The van der Waals surface area contributed by atoms with E-state index in [2.05, 4.69) is 4.72 Å². The molecule has 2 aromatic heterocycles. The average Bonchev–Trinajstić information content (AvgIpc) is 3.31. The second-order valence-electron chi connectivity index (χ2n) is 5.15. The number of thiophene rings is 1. The summed E-state index contributed by atoms with van der Waals surface area (Å²) in [6.07, 6.45) is 2.97. The van der Waals surface area contributed by atoms with Crippen LogP contribution in [0.25, 0.3) is 6.08 Å². The number of ketones is 1. The maximum absolute atomic E-state index is 12.1. The van der Waals surface area contributed by atoms with E-state index in [1.54, 1.807) is 24.3 Å². The standard InChI is InChI=1S/C18H15NO4S2/c20-18(16-7-4-11-23-16)17-9-8-15(24-17)13-19-25(21,22)12-10-14-5-2-1-3-6-14/h1-12,19H,13H2. The second kappa shape index (κ2) is 7.60. The molecule has 0 aliphatic rings. The molecule has 0 saturated heterocycles. The van der Waals surface area contributed by atoms with Crippen molar-refractivity contribution in [2.45, 2.75) is 6.54 Å². The van der Waals surface area contributed by atoms with E-state index >= 15 is 0 Å². The SMILES string of the molecule is O=C(c1ccco1)c1ccc(CNS(=O)(=O)C=Cc2ccccc2)s1. The van der Waals surface area contributed by atoms with E-state index < -0.39 is 10.0 Å². The fourth-order valence-corrected chi connectivity index (χ4v) is 3.85. The number of nitrogens with one attached hydrogen (secondary N) is 1. The zero-order chi connectivity index (χ0) is 17.7. The molecule has 0 saturated carbocycles. The summed E-state index contributed by atoms with van der Waals surface area (Å²) in [6.45, 7) is 0.123. The second-order valence-corrected chi connectivity index (χ2v) is 7.97. The number of benzene rings is 1. The first-order chi connectivity index (χ1) is 12.0. The summed E-state index contributed by atoms with van der Waals surface area (Å²) >= 11 is 1.23. The summed E-state index contributed by atoms with van der Waals surface area (Å²) in [5.74, 6) is 0.0489. The molecule has 0 unspecified atom stereocenters. The summed E-state index contributed by atoms with van der Waals surface area (Å²) < 4.78 is 31.6. The number of hydrogen-bond acceptors (Lipinski definition) is 5. The molecule has 0 spiro atoms. The Morgan fingerprint density at radius 3 is 2.60 bits per heavy atom. The minimum Gasteiger partial charge on any atom is -0.461 e. The first kappa shape index (κ1) is 17.3. The number of rotatable bonds is 7. The van der Waals surface area contributed by atoms with Crippen LogP contribution < -0.4 is 4.72 Å². The van der Waals surface area contributed by atoms with E-state index in [0.717, 1.165) is 15.8 Å². The maximum atomic E-state index is 12.1. The quantitative estimate of drug-likeness (QED) is 0.641. The molecular weight excluding hydrogens is 358 g/mol. The fraction of sp³-hybridized carbons (Fsp3) is 0.0556. The number of carbonyl (C=O) groups is 1. The van der Waals surface area contributed by atoms with E-state index in [9.17, 15) is 13.2 Å². The van der Waals surface area contributed by atoms with Crippen LogP contribution in [0.4, 0.5) is 0 Å². The molecule has 0 amide bonds. The molecule has 0 bridgehead atoms. The van der Waals surface area contributed by atoms with E-state index in [1.807, 2.05) is 30.3 Å². The lowest BCUT2D eigenvalue weighted by Crippen LogP contribution is -2.19. The van der Waals surface area contributed by atoms with Crippen LogP contribution in [-0.2, 0) is 16.6 Å². The molecule has 1 N–H and O–H groups in total. The van der Waals surface area contributed by atoms with Crippen molar-refractivity contribution >= 4 is 33.2 Å². The van der Waals surface area contributed by atoms with Crippen molar-refractivity contribution in [3.8, 4) is 0 Å². The molecule has 7 heteroatoms. The normalized spacial score (nSPS) is 11.8. The van der Waals surface area contributed by atoms with Crippen molar-refractivity contribution in [2.75, 3.05) is 0 Å². The molecule has 0 aliphatic carbocycles. The number of hydrogen-bond donors (Lipinski definition) is 1. The van der Waals surface area contributed by atoms with Crippen molar-refractivity contribution in [1.29, 1.82) is 0 Å². The van der Waals surface area contributed by atoms with Gasteiger partial charge in [-0.3, -0.25) is 4.79 Å². The Balaban J connectivity index is 1.62. The first-order valence-corrected chi connectivity index (χ1v) is 9.79. The van der Waals surface area contributed by atoms with Crippen LogP contribution in [0.3, 0.4) is 0 Å². The van der Waals surface area contributed by atoms with Gasteiger partial charge in [-0.15, -0.1) is 11.3 Å². The van der Waals surface area contributed by atoms with Crippen molar-refractivity contribution in [2.24, 2.45) is 0 Å². The van der Waals surface area contributed by atoms with Gasteiger partial charge in [-0.05, 0) is 35.9 Å². The Bertz CT molecular complexity index is 971. The van der Waals surface area contributed by atoms with Crippen LogP contribution in [0.1, 0.15) is 25.9 Å². The van der Waals surface area contributed by atoms with E-state index in [4.69, 9.17) is 4.42 Å². The summed E-state index contributed by atoms with van der Waals surface area (Å²) in [6, 6.07) is 15.8. The number of carbonyl (C=O) groups excluding carboxylic acids is 1. The van der Waals surface area contributed by atoms with Crippen molar-refractivity contribution in [1.82, 2.24) is 4.72 Å². The molecule has 0 radical (unpaired) electrons. The molecule has 0 aliphatic heterocycles. The molecule has 5 nitrogen and oxygen atoms in total. The zero-order valence-corrected chi connectivity index (χ0v) is 14.7. The number of sulfonamides is 1. The highest BCUT2D eigenvalue weighted by Crippen LogP contribution is 2.20. The van der Waals surface area contributed by atoms with Gasteiger partial charge >= 0.3 is 0 Å². The lowest BCUT2D eigenvalue weighted by Gasteiger charge is -2.00. The highest BCUT2D eigenvalue weighted by atomic mass is 32.2. The molecular formula is C18H15NO4S2. The molecule has 2 heterocycles. The molecule has 0 fully saturated rings. The summed E-state index contributed by atoms with van der Waals surface area (Å²) in [7, 11) is -3.56. The molecule has 128 valence electrons. The summed E-state index contributed by atoms with van der Waals surface area (Å²) in [4.78, 5) is 13.4. The van der Waals surface area contributed by atoms with Crippen molar-refractivity contribution in [3.05, 3.63) is 87.3 Å². The lowest BCUT2D eigenvalue weighted by atomic mass is 10.2. The molecule has 3 rings (SSSR count).